The summed E-state index contributed by atoms with van der Waals surface area (Å²) in [5.41, 5.74) is 1.20. The summed E-state index contributed by atoms with van der Waals surface area (Å²) in [5.74, 6) is 0.726. The maximum Gasteiger partial charge on any atom is 0.116 e. The van der Waals surface area contributed by atoms with Gasteiger partial charge in [-0.3, -0.25) is 0 Å². The maximum absolute atomic E-state index is 10.1. The van der Waals surface area contributed by atoms with Crippen molar-refractivity contribution in [2.75, 3.05) is 0 Å². The van der Waals surface area contributed by atoms with Crippen molar-refractivity contribution >= 4 is 32.3 Å². The Kier molecular flexibility index (Phi) is 2.83. The van der Waals surface area contributed by atoms with Gasteiger partial charge < -0.3 is 5.11 Å². The molecule has 0 fully saturated rings. The van der Waals surface area contributed by atoms with Gasteiger partial charge in [0.2, 0.25) is 0 Å². The Labute approximate surface area is 129 Å². The molecule has 0 spiro atoms. The number of phenolic OH excluding ortho intramolecular Hbond substituents is 1. The van der Waals surface area contributed by atoms with Crippen LogP contribution in [0.3, 0.4) is 0 Å². The molecule has 0 unspecified atom stereocenters. The molecular weight excluding hydrogens is 268 g/mol. The standard InChI is InChI=1S/C21H18O/c1-13(2)20-11-15(22)12-21-18-8-7-14-5-3-4-6-16(14)17(18)9-10-19(20)21/h3-13,22H,1-2H3. The molecular formula is C21H18O. The van der Waals surface area contributed by atoms with Crippen LogP contribution in [-0.2, 0) is 0 Å². The molecule has 0 aliphatic rings. The van der Waals surface area contributed by atoms with E-state index < -0.39 is 0 Å². The minimum atomic E-state index is 0.344. The predicted octanol–water partition coefficient (Wildman–Crippen LogP) is 5.98. The van der Waals surface area contributed by atoms with E-state index in [2.05, 4.69) is 62.4 Å². The number of benzene rings is 4. The largest absolute Gasteiger partial charge is 0.508 e. The minimum Gasteiger partial charge on any atom is -0.508 e. The fraction of sp³-hybridized carbons (Fsp3) is 0.143. The van der Waals surface area contributed by atoms with E-state index in [1.54, 1.807) is 0 Å². The first-order valence-electron chi connectivity index (χ1n) is 7.72. The summed E-state index contributed by atoms with van der Waals surface area (Å²) in [7, 11) is 0. The molecule has 4 rings (SSSR count). The minimum absolute atomic E-state index is 0.344. The lowest BCUT2D eigenvalue weighted by atomic mass is 9.91. The van der Waals surface area contributed by atoms with Crippen molar-refractivity contribution in [2.24, 2.45) is 0 Å². The molecule has 1 heteroatoms. The predicted molar refractivity (Wildman–Crippen MR) is 94.7 cm³/mol. The second-order valence-corrected chi connectivity index (χ2v) is 6.23. The molecule has 108 valence electrons. The van der Waals surface area contributed by atoms with E-state index in [1.807, 2.05) is 12.1 Å². The third kappa shape index (κ3) is 1.86. The molecule has 0 aromatic heterocycles. The van der Waals surface area contributed by atoms with E-state index in [0.717, 1.165) is 5.39 Å². The summed E-state index contributed by atoms with van der Waals surface area (Å²) >= 11 is 0. The molecule has 22 heavy (non-hydrogen) atoms. The van der Waals surface area contributed by atoms with Gasteiger partial charge in [0.05, 0.1) is 0 Å². The van der Waals surface area contributed by atoms with Crippen molar-refractivity contribution in [3.8, 4) is 5.75 Å². The van der Waals surface area contributed by atoms with Crippen molar-refractivity contribution < 1.29 is 5.11 Å². The van der Waals surface area contributed by atoms with Gasteiger partial charge in [0.1, 0.15) is 5.75 Å². The summed E-state index contributed by atoms with van der Waals surface area (Å²) < 4.78 is 0. The van der Waals surface area contributed by atoms with Crippen molar-refractivity contribution in [1.29, 1.82) is 0 Å². The van der Waals surface area contributed by atoms with Crippen LogP contribution in [0.4, 0.5) is 0 Å². The summed E-state index contributed by atoms with van der Waals surface area (Å²) in [6.45, 7) is 4.33. The molecule has 0 amide bonds. The quantitative estimate of drug-likeness (QED) is 0.427. The smallest absolute Gasteiger partial charge is 0.116 e. The first-order valence-corrected chi connectivity index (χ1v) is 7.72. The molecule has 1 nitrogen and oxygen atoms in total. The molecule has 0 saturated heterocycles. The van der Waals surface area contributed by atoms with Crippen molar-refractivity contribution in [3.63, 3.8) is 0 Å². The zero-order chi connectivity index (χ0) is 15.3. The Morgan fingerprint density at radius 2 is 1.36 bits per heavy atom. The number of hydrogen-bond acceptors (Lipinski definition) is 1. The monoisotopic (exact) mass is 286 g/mol. The zero-order valence-corrected chi connectivity index (χ0v) is 12.8. The van der Waals surface area contributed by atoms with E-state index in [1.165, 1.54) is 32.5 Å². The lowest BCUT2D eigenvalue weighted by Gasteiger charge is -2.14. The lowest BCUT2D eigenvalue weighted by molar-refractivity contribution is 0.475. The molecule has 0 aliphatic heterocycles. The third-order valence-corrected chi connectivity index (χ3v) is 4.50. The Morgan fingerprint density at radius 3 is 2.18 bits per heavy atom. The summed E-state index contributed by atoms with van der Waals surface area (Å²) in [6.07, 6.45) is 0. The van der Waals surface area contributed by atoms with Crippen LogP contribution in [0, 0.1) is 0 Å². The zero-order valence-electron chi connectivity index (χ0n) is 12.8. The Bertz CT molecular complexity index is 1010. The molecule has 0 atom stereocenters. The van der Waals surface area contributed by atoms with E-state index in [9.17, 15) is 5.11 Å². The maximum atomic E-state index is 10.1. The van der Waals surface area contributed by atoms with E-state index >= 15 is 0 Å². The van der Waals surface area contributed by atoms with E-state index in [0.29, 0.717) is 11.7 Å². The van der Waals surface area contributed by atoms with Crippen LogP contribution in [0.2, 0.25) is 0 Å². The fourth-order valence-electron chi connectivity index (χ4n) is 3.42. The van der Waals surface area contributed by atoms with Crippen molar-refractivity contribution in [1.82, 2.24) is 0 Å². The van der Waals surface area contributed by atoms with Crippen LogP contribution < -0.4 is 0 Å². The Hall–Kier alpha value is -2.54. The second-order valence-electron chi connectivity index (χ2n) is 6.23. The SMILES string of the molecule is CC(C)c1cc(O)cc2c1ccc1c3ccccc3ccc21. The highest BCUT2D eigenvalue weighted by atomic mass is 16.3. The molecule has 0 aliphatic carbocycles. The van der Waals surface area contributed by atoms with Gasteiger partial charge in [-0.2, -0.15) is 0 Å². The van der Waals surface area contributed by atoms with Gasteiger partial charge in [0.15, 0.2) is 0 Å². The number of aromatic hydroxyl groups is 1. The topological polar surface area (TPSA) is 20.2 Å². The molecule has 4 aromatic rings. The van der Waals surface area contributed by atoms with E-state index in [4.69, 9.17) is 0 Å². The highest BCUT2D eigenvalue weighted by Gasteiger charge is 2.11. The molecule has 1 N–H and O–H groups in total. The van der Waals surface area contributed by atoms with Gasteiger partial charge >= 0.3 is 0 Å². The number of phenols is 1. The average Bonchev–Trinajstić information content (AvgIpc) is 2.53. The van der Waals surface area contributed by atoms with Gasteiger partial charge in [0, 0.05) is 0 Å². The van der Waals surface area contributed by atoms with Gasteiger partial charge in [-0.25, -0.2) is 0 Å². The van der Waals surface area contributed by atoms with Gasteiger partial charge in [0.25, 0.3) is 0 Å². The third-order valence-electron chi connectivity index (χ3n) is 4.50. The lowest BCUT2D eigenvalue weighted by Crippen LogP contribution is -1.90. The summed E-state index contributed by atoms with van der Waals surface area (Å²) in [4.78, 5) is 0. The van der Waals surface area contributed by atoms with Crippen LogP contribution in [0.1, 0.15) is 25.3 Å². The summed E-state index contributed by atoms with van der Waals surface area (Å²) in [6, 6.07) is 21.0. The van der Waals surface area contributed by atoms with E-state index in [-0.39, 0.29) is 0 Å². The van der Waals surface area contributed by atoms with Crippen LogP contribution in [-0.4, -0.2) is 5.11 Å². The van der Waals surface area contributed by atoms with Crippen molar-refractivity contribution in [3.05, 3.63) is 66.2 Å². The molecule has 0 bridgehead atoms. The molecule has 4 aromatic carbocycles. The van der Waals surface area contributed by atoms with Crippen LogP contribution in [0.5, 0.6) is 5.75 Å². The Morgan fingerprint density at radius 1 is 0.682 bits per heavy atom. The number of rotatable bonds is 1. The molecule has 0 saturated carbocycles. The average molecular weight is 286 g/mol. The molecule has 0 radical (unpaired) electrons. The van der Waals surface area contributed by atoms with Crippen LogP contribution in [0.15, 0.2) is 60.7 Å². The molecule has 0 heterocycles. The first kappa shape index (κ1) is 13.1. The Balaban J connectivity index is 2.22. The highest BCUT2D eigenvalue weighted by molar-refractivity contribution is 6.17. The number of hydrogen-bond donors (Lipinski definition) is 1. The van der Waals surface area contributed by atoms with Gasteiger partial charge in [-0.1, -0.05) is 62.4 Å². The van der Waals surface area contributed by atoms with Gasteiger partial charge in [-0.15, -0.1) is 0 Å². The summed E-state index contributed by atoms with van der Waals surface area (Å²) in [5, 5.41) is 17.4. The second kappa shape index (κ2) is 4.74. The first-order chi connectivity index (χ1) is 10.6. The number of fused-ring (bicyclic) bond motifs is 5. The normalized spacial score (nSPS) is 11.8. The van der Waals surface area contributed by atoms with Crippen LogP contribution >= 0.6 is 0 Å². The van der Waals surface area contributed by atoms with Gasteiger partial charge in [-0.05, 0) is 55.9 Å². The highest BCUT2D eigenvalue weighted by Crippen LogP contribution is 2.36. The van der Waals surface area contributed by atoms with Crippen LogP contribution in [0.25, 0.3) is 32.3 Å². The fourth-order valence-corrected chi connectivity index (χ4v) is 3.42. The van der Waals surface area contributed by atoms with Crippen molar-refractivity contribution in [2.45, 2.75) is 19.8 Å².